The fourth-order valence-corrected chi connectivity index (χ4v) is 1.91. The maximum Gasteiger partial charge on any atom is 0.271 e. The van der Waals surface area contributed by atoms with Gasteiger partial charge in [0.2, 0.25) is 0 Å². The van der Waals surface area contributed by atoms with Crippen LogP contribution in [0.15, 0.2) is 18.2 Å². The molecule has 1 aromatic rings. The molecule has 0 aliphatic rings. The van der Waals surface area contributed by atoms with Gasteiger partial charge in [0.1, 0.15) is 0 Å². The molecule has 0 spiro atoms. The van der Waals surface area contributed by atoms with Crippen LogP contribution in [0.5, 0.6) is 0 Å². The van der Waals surface area contributed by atoms with Crippen LogP contribution in [0.3, 0.4) is 0 Å². The third-order valence-electron chi connectivity index (χ3n) is 2.87. The van der Waals surface area contributed by atoms with Crippen LogP contribution in [0.25, 0.3) is 0 Å². The number of nitro benzene ring substituents is 1. The lowest BCUT2D eigenvalue weighted by atomic mass is 10.0. The highest BCUT2D eigenvalue weighted by Crippen LogP contribution is 2.22. The summed E-state index contributed by atoms with van der Waals surface area (Å²) >= 11 is 0. The van der Waals surface area contributed by atoms with E-state index in [0.717, 1.165) is 17.7 Å². The minimum Gasteiger partial charge on any atom is -0.382 e. The van der Waals surface area contributed by atoms with Crippen molar-refractivity contribution in [1.82, 2.24) is 0 Å². The van der Waals surface area contributed by atoms with Crippen molar-refractivity contribution in [1.29, 1.82) is 0 Å². The molecule has 1 rings (SSSR count). The van der Waals surface area contributed by atoms with Gasteiger partial charge in [-0.2, -0.15) is 0 Å². The van der Waals surface area contributed by atoms with Crippen LogP contribution in [-0.4, -0.2) is 11.0 Å². The van der Waals surface area contributed by atoms with Crippen molar-refractivity contribution >= 4 is 11.4 Å². The zero-order chi connectivity index (χ0) is 13.0. The molecular formula is C13H20N2O2. The first-order valence-corrected chi connectivity index (χ1v) is 5.96. The second-order valence-corrected chi connectivity index (χ2v) is 4.72. The summed E-state index contributed by atoms with van der Waals surface area (Å²) in [6.07, 6.45) is 0.999. The summed E-state index contributed by atoms with van der Waals surface area (Å²) < 4.78 is 0. The first kappa shape index (κ1) is 13.5. The largest absolute Gasteiger partial charge is 0.382 e. The van der Waals surface area contributed by atoms with Crippen molar-refractivity contribution in [3.05, 3.63) is 33.9 Å². The number of hydrogen-bond donors (Lipinski definition) is 1. The summed E-state index contributed by atoms with van der Waals surface area (Å²) in [7, 11) is 0. The lowest BCUT2D eigenvalue weighted by molar-refractivity contribution is -0.384. The van der Waals surface area contributed by atoms with Gasteiger partial charge in [-0.25, -0.2) is 0 Å². The third-order valence-corrected chi connectivity index (χ3v) is 2.87. The number of nitrogens with one attached hydrogen (secondary N) is 1. The van der Waals surface area contributed by atoms with E-state index in [9.17, 15) is 10.1 Å². The molecule has 1 aromatic carbocycles. The van der Waals surface area contributed by atoms with E-state index >= 15 is 0 Å². The van der Waals surface area contributed by atoms with Crippen LogP contribution in [-0.2, 0) is 0 Å². The number of anilines is 1. The maximum atomic E-state index is 10.8. The fraction of sp³-hybridized carbons (Fsp3) is 0.538. The second-order valence-electron chi connectivity index (χ2n) is 4.72. The van der Waals surface area contributed by atoms with Crippen LogP contribution in [0.4, 0.5) is 11.4 Å². The average molecular weight is 236 g/mol. The van der Waals surface area contributed by atoms with Crippen LogP contribution in [0, 0.1) is 23.0 Å². The second kappa shape index (κ2) is 5.66. The molecular weight excluding hydrogens is 216 g/mol. The molecule has 1 unspecified atom stereocenters. The number of nitrogens with zero attached hydrogens (tertiary/aromatic N) is 1. The maximum absolute atomic E-state index is 10.8. The topological polar surface area (TPSA) is 55.2 Å². The summed E-state index contributed by atoms with van der Waals surface area (Å²) in [5.41, 5.74) is 1.88. The molecule has 0 fully saturated rings. The van der Waals surface area contributed by atoms with E-state index in [1.165, 1.54) is 0 Å². The average Bonchev–Trinajstić information content (AvgIpc) is 2.24. The molecule has 1 atom stereocenters. The van der Waals surface area contributed by atoms with Gasteiger partial charge in [0, 0.05) is 23.9 Å². The molecule has 0 aliphatic carbocycles. The van der Waals surface area contributed by atoms with Gasteiger partial charge in [0.25, 0.3) is 5.69 Å². The van der Waals surface area contributed by atoms with E-state index < -0.39 is 0 Å². The molecule has 94 valence electrons. The minimum atomic E-state index is -0.353. The molecule has 1 N–H and O–H groups in total. The van der Waals surface area contributed by atoms with Crippen molar-refractivity contribution in [2.24, 2.45) is 5.92 Å². The van der Waals surface area contributed by atoms with Gasteiger partial charge >= 0.3 is 0 Å². The molecule has 4 nitrogen and oxygen atoms in total. The summed E-state index contributed by atoms with van der Waals surface area (Å²) in [6.45, 7) is 8.27. The Morgan fingerprint density at radius 3 is 2.47 bits per heavy atom. The Labute approximate surface area is 102 Å². The van der Waals surface area contributed by atoms with E-state index in [4.69, 9.17) is 0 Å². The first-order valence-electron chi connectivity index (χ1n) is 5.96. The molecule has 0 saturated heterocycles. The van der Waals surface area contributed by atoms with E-state index in [1.54, 1.807) is 12.1 Å². The molecule has 0 aromatic heterocycles. The van der Waals surface area contributed by atoms with Crippen LogP contribution in [0.2, 0.25) is 0 Å². The first-order chi connectivity index (χ1) is 7.93. The molecule has 0 heterocycles. The molecule has 0 amide bonds. The van der Waals surface area contributed by atoms with Gasteiger partial charge in [0.05, 0.1) is 4.92 Å². The van der Waals surface area contributed by atoms with Gasteiger partial charge in [-0.05, 0) is 30.9 Å². The van der Waals surface area contributed by atoms with Crippen molar-refractivity contribution in [2.45, 2.75) is 40.2 Å². The highest BCUT2D eigenvalue weighted by molar-refractivity contribution is 5.54. The van der Waals surface area contributed by atoms with Crippen molar-refractivity contribution in [3.63, 3.8) is 0 Å². The zero-order valence-corrected chi connectivity index (χ0v) is 10.9. The van der Waals surface area contributed by atoms with Gasteiger partial charge in [0.15, 0.2) is 0 Å². The quantitative estimate of drug-likeness (QED) is 0.625. The third kappa shape index (κ3) is 3.73. The minimum absolute atomic E-state index is 0.145. The van der Waals surface area contributed by atoms with E-state index in [2.05, 4.69) is 26.1 Å². The molecule has 0 radical (unpaired) electrons. The van der Waals surface area contributed by atoms with E-state index in [0.29, 0.717) is 12.0 Å². The smallest absolute Gasteiger partial charge is 0.271 e. The molecule has 0 aliphatic heterocycles. The number of non-ortho nitro benzene ring substituents is 1. The number of benzene rings is 1. The SMILES string of the molecule is CCC(Nc1cc(C)cc([N+](=O)[O-])c1)C(C)C. The Balaban J connectivity index is 2.94. The van der Waals surface area contributed by atoms with Crippen molar-refractivity contribution < 1.29 is 4.92 Å². The van der Waals surface area contributed by atoms with Crippen LogP contribution in [0.1, 0.15) is 32.8 Å². The lowest BCUT2D eigenvalue weighted by Crippen LogP contribution is -2.24. The number of aryl methyl sites for hydroxylation is 1. The van der Waals surface area contributed by atoms with Gasteiger partial charge in [-0.1, -0.05) is 20.8 Å². The normalized spacial score (nSPS) is 12.5. The summed E-state index contributed by atoms with van der Waals surface area (Å²) in [4.78, 5) is 10.4. The summed E-state index contributed by atoms with van der Waals surface area (Å²) in [6, 6.07) is 5.47. The Morgan fingerprint density at radius 1 is 1.35 bits per heavy atom. The number of hydrogen-bond acceptors (Lipinski definition) is 3. The summed E-state index contributed by atoms with van der Waals surface area (Å²) in [5, 5.41) is 14.1. The van der Waals surface area contributed by atoms with Gasteiger partial charge in [-0.15, -0.1) is 0 Å². The molecule has 0 saturated carbocycles. The fourth-order valence-electron chi connectivity index (χ4n) is 1.91. The Hall–Kier alpha value is -1.58. The van der Waals surface area contributed by atoms with Crippen molar-refractivity contribution in [3.8, 4) is 0 Å². The monoisotopic (exact) mass is 236 g/mol. The molecule has 17 heavy (non-hydrogen) atoms. The number of nitro groups is 1. The predicted octanol–water partition coefficient (Wildman–Crippen LogP) is 3.75. The van der Waals surface area contributed by atoms with Gasteiger partial charge in [-0.3, -0.25) is 10.1 Å². The van der Waals surface area contributed by atoms with Crippen LogP contribution < -0.4 is 5.32 Å². The number of rotatable bonds is 5. The Kier molecular flexibility index (Phi) is 4.49. The van der Waals surface area contributed by atoms with Crippen molar-refractivity contribution in [2.75, 3.05) is 5.32 Å². The summed E-state index contributed by atoms with van der Waals surface area (Å²) in [5.74, 6) is 0.500. The van der Waals surface area contributed by atoms with Gasteiger partial charge < -0.3 is 5.32 Å². The highest BCUT2D eigenvalue weighted by Gasteiger charge is 2.13. The van der Waals surface area contributed by atoms with Crippen LogP contribution >= 0.6 is 0 Å². The Bertz CT molecular complexity index is 402. The Morgan fingerprint density at radius 2 is 2.00 bits per heavy atom. The highest BCUT2D eigenvalue weighted by atomic mass is 16.6. The van der Waals surface area contributed by atoms with E-state index in [-0.39, 0.29) is 10.6 Å². The zero-order valence-electron chi connectivity index (χ0n) is 10.9. The predicted molar refractivity (Wildman–Crippen MR) is 70.4 cm³/mol. The molecule has 4 heteroatoms. The molecule has 0 bridgehead atoms. The standard InChI is InChI=1S/C13H20N2O2/c1-5-13(9(2)3)14-11-6-10(4)7-12(8-11)15(16)17/h6-9,13-14H,5H2,1-4H3. The lowest BCUT2D eigenvalue weighted by Gasteiger charge is -2.22. The van der Waals surface area contributed by atoms with E-state index in [1.807, 2.05) is 13.0 Å².